The molecule has 0 aliphatic heterocycles. The second kappa shape index (κ2) is 10.1. The zero-order valence-electron chi connectivity index (χ0n) is 16.0. The summed E-state index contributed by atoms with van der Waals surface area (Å²) in [5.74, 6) is -2.76. The first-order valence-electron chi connectivity index (χ1n) is 7.48. The molecule has 0 aromatic carbocycles. The van der Waals surface area contributed by atoms with Gasteiger partial charge in [0.25, 0.3) is 10.0 Å². The molecule has 12 nitrogen and oxygen atoms in total. The number of aromatic carboxylic acids is 1. The van der Waals surface area contributed by atoms with Crippen molar-refractivity contribution in [3.63, 3.8) is 0 Å². The van der Waals surface area contributed by atoms with E-state index in [0.29, 0.717) is 6.07 Å². The summed E-state index contributed by atoms with van der Waals surface area (Å²) in [6.07, 6.45) is -5.08. The van der Waals surface area contributed by atoms with Crippen molar-refractivity contribution < 1.29 is 75.3 Å². The molecule has 0 radical (unpaired) electrons. The third kappa shape index (κ3) is 6.65. The first kappa shape index (κ1) is 26.3. The molecule has 0 bridgehead atoms. The van der Waals surface area contributed by atoms with Crippen LogP contribution in [0.2, 0.25) is 0 Å². The number of rotatable bonds is 6. The topological polar surface area (TPSA) is 173 Å². The second-order valence-electron chi connectivity index (χ2n) is 5.17. The van der Waals surface area contributed by atoms with E-state index in [4.69, 9.17) is 9.47 Å². The van der Waals surface area contributed by atoms with Crippen molar-refractivity contribution in [1.29, 1.82) is 0 Å². The van der Waals surface area contributed by atoms with E-state index < -0.39 is 50.4 Å². The number of carbonyl (C=O) groups is 2. The Bertz CT molecular complexity index is 1080. The Balaban J connectivity index is 0.00000480. The number of nitrogens with zero attached hydrogens (tertiary/aromatic N) is 3. The molecule has 2 rings (SSSR count). The van der Waals surface area contributed by atoms with Crippen LogP contribution in [0, 0.1) is 0 Å². The number of hydrogen-bond donors (Lipinski definition) is 2. The van der Waals surface area contributed by atoms with Crippen LogP contribution in [0.25, 0.3) is 0 Å². The summed E-state index contributed by atoms with van der Waals surface area (Å²) in [7, 11) is -2.72. The number of carbonyl (C=O) groups excluding carboxylic acids is 2. The van der Waals surface area contributed by atoms with Crippen molar-refractivity contribution in [2.75, 3.05) is 19.5 Å². The van der Waals surface area contributed by atoms with Crippen molar-refractivity contribution >= 4 is 28.0 Å². The maximum absolute atomic E-state index is 12.8. The van der Waals surface area contributed by atoms with Crippen LogP contribution in [0.1, 0.15) is 16.1 Å². The zero-order chi connectivity index (χ0) is 22.7. The molecule has 0 atom stereocenters. The summed E-state index contributed by atoms with van der Waals surface area (Å²) >= 11 is 0. The largest absolute Gasteiger partial charge is 1.00 e. The Kier molecular flexibility index (Phi) is 8.57. The van der Waals surface area contributed by atoms with Gasteiger partial charge in [0.1, 0.15) is 5.69 Å². The summed E-state index contributed by atoms with van der Waals surface area (Å²) in [6, 6.07) is 0.293. The minimum Gasteiger partial charge on any atom is -0.545 e. The molecule has 0 saturated carbocycles. The third-order valence-corrected chi connectivity index (χ3v) is 4.45. The Morgan fingerprint density at radius 3 is 2.06 bits per heavy atom. The van der Waals surface area contributed by atoms with Gasteiger partial charge < -0.3 is 19.4 Å². The van der Waals surface area contributed by atoms with Crippen molar-refractivity contribution in [1.82, 2.24) is 19.7 Å². The molecule has 17 heteroatoms. The van der Waals surface area contributed by atoms with E-state index in [1.54, 1.807) is 0 Å². The van der Waals surface area contributed by atoms with E-state index in [-0.39, 0.29) is 47.4 Å². The minimum atomic E-state index is -5.18. The molecule has 2 aromatic heterocycles. The van der Waals surface area contributed by atoms with Crippen molar-refractivity contribution in [3.8, 4) is 11.8 Å². The fourth-order valence-corrected chi connectivity index (χ4v) is 2.98. The van der Waals surface area contributed by atoms with Gasteiger partial charge in [-0.3, -0.25) is 5.32 Å². The number of urea groups is 1. The number of anilines is 1. The van der Waals surface area contributed by atoms with Gasteiger partial charge >= 0.3 is 41.8 Å². The summed E-state index contributed by atoms with van der Waals surface area (Å²) in [6.45, 7) is 0. The van der Waals surface area contributed by atoms with E-state index in [0.717, 1.165) is 0 Å². The van der Waals surface area contributed by atoms with Gasteiger partial charge in [-0.15, -0.1) is 0 Å². The summed E-state index contributed by atoms with van der Waals surface area (Å²) < 4.78 is 74.0. The van der Waals surface area contributed by atoms with Crippen LogP contribution in [0.3, 0.4) is 0 Å². The number of ether oxygens (including phenoxy) is 2. The van der Waals surface area contributed by atoms with Gasteiger partial charge in [0, 0.05) is 5.56 Å². The maximum Gasteiger partial charge on any atom is 1.00 e. The molecule has 2 heterocycles. The van der Waals surface area contributed by atoms with Crippen LogP contribution < -0.4 is 54.2 Å². The molecule has 2 aromatic rings. The summed E-state index contributed by atoms with van der Waals surface area (Å²) in [4.78, 5) is 33.2. The number of aromatic nitrogens is 3. The fourth-order valence-electron chi connectivity index (χ4n) is 1.92. The molecule has 31 heavy (non-hydrogen) atoms. The van der Waals surface area contributed by atoms with Crippen LogP contribution in [0.5, 0.6) is 11.8 Å². The van der Waals surface area contributed by atoms with Crippen LogP contribution in [-0.4, -0.2) is 49.6 Å². The minimum absolute atomic E-state index is 0. The van der Waals surface area contributed by atoms with E-state index in [9.17, 15) is 36.3 Å². The molecule has 162 valence electrons. The number of nitrogens with one attached hydrogen (secondary N) is 2. The van der Waals surface area contributed by atoms with Gasteiger partial charge in [0.05, 0.1) is 26.3 Å². The molecule has 0 aliphatic carbocycles. The van der Waals surface area contributed by atoms with Gasteiger partial charge in [0.2, 0.25) is 17.7 Å². The SMILES string of the molecule is COc1cc(OC)nc(NC(=O)NS(=O)(=O)c2nc(C(F)(F)F)ccc2C(=O)[O-])n1.[Na+]. The van der Waals surface area contributed by atoms with Gasteiger partial charge in [0.15, 0.2) is 5.03 Å². The van der Waals surface area contributed by atoms with Crippen LogP contribution in [0.4, 0.5) is 23.9 Å². The molecule has 0 saturated heterocycles. The molecule has 2 N–H and O–H groups in total. The number of amides is 2. The number of alkyl halides is 3. The number of hydrogen-bond acceptors (Lipinski definition) is 10. The van der Waals surface area contributed by atoms with Crippen molar-refractivity contribution in [3.05, 3.63) is 29.5 Å². The van der Waals surface area contributed by atoms with Gasteiger partial charge in [-0.25, -0.2) is 14.5 Å². The monoisotopic (exact) mass is 473 g/mol. The standard InChI is InChI=1S/C14H12F3N5O7S.Na/c1-28-8-5-9(29-2)20-12(19-8)21-13(25)22-30(26,27)10-6(11(23)24)3-4-7(18-10)14(15,16)17;/h3-5H,1-2H3,(H,23,24)(H2,19,20,21,22,25);/q;+1/p-1. The van der Waals surface area contributed by atoms with Crippen LogP contribution in [-0.2, 0) is 16.2 Å². The summed E-state index contributed by atoms with van der Waals surface area (Å²) in [5.41, 5.74) is -2.89. The maximum atomic E-state index is 12.8. The number of carboxylic acid groups (broad SMARTS) is 1. The predicted molar refractivity (Wildman–Crippen MR) is 88.0 cm³/mol. The number of sulfonamides is 1. The molecule has 0 unspecified atom stereocenters. The fraction of sp³-hybridized carbons (Fsp3) is 0.214. The Hall–Kier alpha value is -2.69. The van der Waals surface area contributed by atoms with E-state index in [1.807, 2.05) is 5.32 Å². The number of carboxylic acids is 1. The quantitative estimate of drug-likeness (QED) is 0.407. The molecule has 0 spiro atoms. The van der Waals surface area contributed by atoms with Gasteiger partial charge in [-0.1, -0.05) is 0 Å². The predicted octanol–water partition coefficient (Wildman–Crippen LogP) is -3.21. The van der Waals surface area contributed by atoms with E-state index >= 15 is 0 Å². The smallest absolute Gasteiger partial charge is 0.545 e. The first-order chi connectivity index (χ1) is 13.9. The number of halogens is 3. The zero-order valence-corrected chi connectivity index (χ0v) is 18.8. The normalized spacial score (nSPS) is 11.1. The van der Waals surface area contributed by atoms with Crippen molar-refractivity contribution in [2.24, 2.45) is 0 Å². The van der Waals surface area contributed by atoms with Gasteiger partial charge in [-0.05, 0) is 12.1 Å². The molecular weight excluding hydrogens is 462 g/mol. The van der Waals surface area contributed by atoms with Crippen LogP contribution in [0.15, 0.2) is 23.2 Å². The van der Waals surface area contributed by atoms with Crippen LogP contribution >= 0.6 is 0 Å². The molecular formula is C14H11F3N5NaO7S. The Morgan fingerprint density at radius 2 is 1.61 bits per heavy atom. The second-order valence-corrected chi connectivity index (χ2v) is 6.77. The average Bonchev–Trinajstić information content (AvgIpc) is 2.65. The first-order valence-corrected chi connectivity index (χ1v) is 8.96. The number of pyridine rings is 1. The van der Waals surface area contributed by atoms with Gasteiger partial charge in [-0.2, -0.15) is 31.6 Å². The molecule has 0 aliphatic rings. The van der Waals surface area contributed by atoms with E-state index in [2.05, 4.69) is 15.0 Å². The summed E-state index contributed by atoms with van der Waals surface area (Å²) in [5, 5.41) is 11.4. The Morgan fingerprint density at radius 1 is 1.06 bits per heavy atom. The third-order valence-electron chi connectivity index (χ3n) is 3.17. The average molecular weight is 473 g/mol. The molecule has 0 fully saturated rings. The number of methoxy groups -OCH3 is 2. The molecule has 2 amide bonds. The Labute approximate surface area is 194 Å². The van der Waals surface area contributed by atoms with Crippen molar-refractivity contribution in [2.45, 2.75) is 11.2 Å². The van der Waals surface area contributed by atoms with E-state index in [1.165, 1.54) is 25.0 Å².